The average Bonchev–Trinajstić information content (AvgIpc) is 3.21. The predicted molar refractivity (Wildman–Crippen MR) is 132 cm³/mol. The molecule has 1 aromatic heterocycles. The molecule has 0 bridgehead atoms. The zero-order valence-electron chi connectivity index (χ0n) is 18.7. The Morgan fingerprint density at radius 3 is 2.58 bits per heavy atom. The molecule has 0 fully saturated rings. The second-order valence-corrected chi connectivity index (χ2v) is 8.96. The zero-order valence-corrected chi connectivity index (χ0v) is 19.5. The highest BCUT2D eigenvalue weighted by atomic mass is 32.1. The lowest BCUT2D eigenvalue weighted by Gasteiger charge is -2.34. The van der Waals surface area contributed by atoms with Gasteiger partial charge in [0.1, 0.15) is 0 Å². The molecule has 7 heteroatoms. The van der Waals surface area contributed by atoms with E-state index < -0.39 is 0 Å². The molecule has 1 amide bonds. The Labute approximate surface area is 197 Å². The molecule has 3 N–H and O–H groups in total. The molecule has 1 atom stereocenters. The summed E-state index contributed by atoms with van der Waals surface area (Å²) in [5.74, 6) is -0.474. The van der Waals surface area contributed by atoms with Crippen molar-refractivity contribution in [2.24, 2.45) is 0 Å². The van der Waals surface area contributed by atoms with Crippen molar-refractivity contribution in [3.05, 3.63) is 82.7 Å². The first-order valence-electron chi connectivity index (χ1n) is 11.1. The fraction of sp³-hybridized carbons (Fsp3) is 0.269. The zero-order chi connectivity index (χ0) is 23.4. The monoisotopic (exact) mass is 461 g/mol. The van der Waals surface area contributed by atoms with Crippen LogP contribution in [0, 0.1) is 0 Å². The number of aliphatic hydroxyl groups is 1. The van der Waals surface area contributed by atoms with Gasteiger partial charge in [0.25, 0.3) is 5.91 Å². The highest BCUT2D eigenvalue weighted by Gasteiger charge is 2.38. The van der Waals surface area contributed by atoms with Crippen LogP contribution >= 0.6 is 11.3 Å². The van der Waals surface area contributed by atoms with Crippen LogP contribution in [0.1, 0.15) is 44.6 Å². The number of Topliss-reactive ketones (excluding diaryl/α,β-unsaturated/α-hetero) is 1. The number of fused-ring (bicyclic) bond motifs is 1. The van der Waals surface area contributed by atoms with Crippen LogP contribution in [0.15, 0.2) is 77.1 Å². The molecule has 1 unspecified atom stereocenters. The van der Waals surface area contributed by atoms with E-state index in [4.69, 9.17) is 5.11 Å². The number of hydrogen-bond acceptors (Lipinski definition) is 6. The number of aromatic nitrogens is 1. The Morgan fingerprint density at radius 2 is 1.85 bits per heavy atom. The van der Waals surface area contributed by atoms with Gasteiger partial charge in [0.15, 0.2) is 10.9 Å². The minimum absolute atomic E-state index is 0.121. The van der Waals surface area contributed by atoms with E-state index in [0.717, 1.165) is 45.6 Å². The Bertz CT molecular complexity index is 1210. The van der Waals surface area contributed by atoms with Crippen LogP contribution in [0.4, 0.5) is 5.13 Å². The topological polar surface area (TPSA) is 91.3 Å². The first-order chi connectivity index (χ1) is 16.0. The molecule has 1 aliphatic heterocycles. The number of thiazole rings is 1. The van der Waals surface area contributed by atoms with Gasteiger partial charge in [0.05, 0.1) is 10.2 Å². The van der Waals surface area contributed by atoms with Gasteiger partial charge in [0.2, 0.25) is 0 Å². The summed E-state index contributed by atoms with van der Waals surface area (Å²) < 4.78 is 1.02. The van der Waals surface area contributed by atoms with E-state index in [2.05, 4.69) is 15.6 Å². The Balaban J connectivity index is 0.000000821. The van der Waals surface area contributed by atoms with Crippen molar-refractivity contribution < 1.29 is 14.7 Å². The lowest BCUT2D eigenvalue weighted by atomic mass is 9.75. The summed E-state index contributed by atoms with van der Waals surface area (Å²) in [6.07, 6.45) is 2.19. The summed E-state index contributed by atoms with van der Waals surface area (Å²) in [5.41, 5.74) is 4.86. The van der Waals surface area contributed by atoms with Gasteiger partial charge in [-0.2, -0.15) is 0 Å². The molecule has 0 saturated carbocycles. The largest absolute Gasteiger partial charge is 0.397 e. The van der Waals surface area contributed by atoms with Crippen LogP contribution in [0.3, 0.4) is 0 Å². The van der Waals surface area contributed by atoms with Crippen molar-refractivity contribution in [3.8, 4) is 0 Å². The minimum Gasteiger partial charge on any atom is -0.397 e. The van der Waals surface area contributed by atoms with E-state index in [9.17, 15) is 9.59 Å². The van der Waals surface area contributed by atoms with Crippen LogP contribution in [-0.2, 0) is 9.59 Å². The lowest BCUT2D eigenvalue weighted by Crippen LogP contribution is -2.35. The smallest absolute Gasteiger partial charge is 0.256 e. The average molecular weight is 462 g/mol. The van der Waals surface area contributed by atoms with E-state index in [1.807, 2.05) is 61.5 Å². The maximum absolute atomic E-state index is 13.4. The number of anilines is 1. The SMILES string of the molecule is CC1=C(C(=O)Nc2nc3ccccc3s2)C(c2ccccc2)C2=C(CCCC2=O)N1.CCO. The summed E-state index contributed by atoms with van der Waals surface area (Å²) in [7, 11) is 0. The van der Waals surface area contributed by atoms with Crippen LogP contribution in [-0.4, -0.2) is 28.4 Å². The van der Waals surface area contributed by atoms with Gasteiger partial charge in [0, 0.05) is 41.5 Å². The molecule has 2 aliphatic rings. The van der Waals surface area contributed by atoms with E-state index >= 15 is 0 Å². The van der Waals surface area contributed by atoms with Crippen LogP contribution < -0.4 is 10.6 Å². The van der Waals surface area contributed by atoms with Crippen molar-refractivity contribution in [2.45, 2.75) is 39.0 Å². The van der Waals surface area contributed by atoms with Gasteiger partial charge in [-0.05, 0) is 44.4 Å². The number of ketones is 1. The Kier molecular flexibility index (Phi) is 7.01. The highest BCUT2D eigenvalue weighted by Crippen LogP contribution is 2.42. The molecule has 6 nitrogen and oxygen atoms in total. The molecule has 0 radical (unpaired) electrons. The fourth-order valence-electron chi connectivity index (χ4n) is 4.35. The Hall–Kier alpha value is -3.29. The number of carbonyl (C=O) groups is 2. The van der Waals surface area contributed by atoms with Crippen molar-refractivity contribution >= 4 is 38.4 Å². The number of nitrogens with one attached hydrogen (secondary N) is 2. The van der Waals surface area contributed by atoms with E-state index in [0.29, 0.717) is 17.1 Å². The van der Waals surface area contributed by atoms with Gasteiger partial charge in [-0.25, -0.2) is 4.98 Å². The number of aliphatic hydroxyl groups excluding tert-OH is 1. The van der Waals surface area contributed by atoms with E-state index in [1.165, 1.54) is 11.3 Å². The number of dihydropyridines is 1. The summed E-state index contributed by atoms with van der Waals surface area (Å²) in [6.45, 7) is 3.84. The molecule has 0 spiro atoms. The predicted octanol–water partition coefficient (Wildman–Crippen LogP) is 4.90. The number of rotatable bonds is 3. The second-order valence-electron chi connectivity index (χ2n) is 7.93. The van der Waals surface area contributed by atoms with Crippen molar-refractivity contribution in [1.82, 2.24) is 10.3 Å². The molecule has 33 heavy (non-hydrogen) atoms. The second kappa shape index (κ2) is 10.1. The number of carbonyl (C=O) groups excluding carboxylic acids is 2. The minimum atomic E-state index is -0.371. The number of para-hydroxylation sites is 1. The fourth-order valence-corrected chi connectivity index (χ4v) is 5.21. The summed E-state index contributed by atoms with van der Waals surface area (Å²) in [4.78, 5) is 30.9. The molecule has 0 saturated heterocycles. The summed E-state index contributed by atoms with van der Waals surface area (Å²) in [5, 5.41) is 14.5. The normalized spacial score (nSPS) is 17.8. The third-order valence-corrected chi connectivity index (χ3v) is 6.62. The molecular formula is C26H27N3O3S. The number of nitrogens with zero attached hydrogens (tertiary/aromatic N) is 1. The quantitative estimate of drug-likeness (QED) is 0.516. The van der Waals surface area contributed by atoms with Gasteiger partial charge in [-0.1, -0.05) is 53.8 Å². The van der Waals surface area contributed by atoms with Gasteiger partial charge in [-0.3, -0.25) is 14.9 Å². The van der Waals surface area contributed by atoms with Gasteiger partial charge in [-0.15, -0.1) is 0 Å². The van der Waals surface area contributed by atoms with Crippen molar-refractivity contribution in [3.63, 3.8) is 0 Å². The maximum Gasteiger partial charge on any atom is 0.256 e. The van der Waals surface area contributed by atoms with Crippen molar-refractivity contribution in [1.29, 1.82) is 0 Å². The van der Waals surface area contributed by atoms with Gasteiger partial charge >= 0.3 is 0 Å². The number of benzene rings is 2. The number of amides is 1. The molecule has 1 aliphatic carbocycles. The molecule has 2 aromatic carbocycles. The van der Waals surface area contributed by atoms with Crippen LogP contribution in [0.2, 0.25) is 0 Å². The lowest BCUT2D eigenvalue weighted by molar-refractivity contribution is -0.116. The molecule has 5 rings (SSSR count). The standard InChI is InChI=1S/C24H21N3O2S.C2H6O/c1-14-20(23(29)27-24-26-16-10-5-6-13-19(16)30-24)21(15-8-3-2-4-9-15)22-17(25-14)11-7-12-18(22)28;1-2-3/h2-6,8-10,13,21,25H,7,11-12H2,1H3,(H,26,27,29);3H,2H2,1H3. The third-order valence-electron chi connectivity index (χ3n) is 5.67. The Morgan fingerprint density at radius 1 is 1.15 bits per heavy atom. The van der Waals surface area contributed by atoms with Gasteiger partial charge < -0.3 is 10.4 Å². The first-order valence-corrected chi connectivity index (χ1v) is 11.9. The summed E-state index contributed by atoms with van der Waals surface area (Å²) >= 11 is 1.45. The molecule has 3 aromatic rings. The van der Waals surface area contributed by atoms with Crippen LogP contribution in [0.5, 0.6) is 0 Å². The third kappa shape index (κ3) is 4.74. The number of allylic oxidation sites excluding steroid dienone is 3. The van der Waals surface area contributed by atoms with E-state index in [-0.39, 0.29) is 24.2 Å². The van der Waals surface area contributed by atoms with Crippen LogP contribution in [0.25, 0.3) is 10.2 Å². The maximum atomic E-state index is 13.4. The highest BCUT2D eigenvalue weighted by molar-refractivity contribution is 7.22. The molecule has 2 heterocycles. The summed E-state index contributed by atoms with van der Waals surface area (Å²) in [6, 6.07) is 17.6. The first kappa shape index (κ1) is 22.9. The van der Waals surface area contributed by atoms with Crippen molar-refractivity contribution in [2.75, 3.05) is 11.9 Å². The van der Waals surface area contributed by atoms with E-state index in [1.54, 1.807) is 6.92 Å². The molecular weight excluding hydrogens is 434 g/mol. The number of hydrogen-bond donors (Lipinski definition) is 3. The molecule has 170 valence electrons.